The Morgan fingerprint density at radius 2 is 1.92 bits per heavy atom. The summed E-state index contributed by atoms with van der Waals surface area (Å²) in [6.45, 7) is 5.19. The third kappa shape index (κ3) is 3.12. The number of hydrogen-bond donors (Lipinski definition) is 1. The van der Waals surface area contributed by atoms with Crippen molar-refractivity contribution >= 4 is 11.6 Å². The van der Waals surface area contributed by atoms with E-state index >= 15 is 0 Å². The summed E-state index contributed by atoms with van der Waals surface area (Å²) in [5, 5.41) is 9.47. The van der Waals surface area contributed by atoms with Gasteiger partial charge in [0.25, 0.3) is 0 Å². The highest BCUT2D eigenvalue weighted by molar-refractivity contribution is 6.18. The maximum Gasteiger partial charge on any atom is 0.0802 e. The van der Waals surface area contributed by atoms with Crippen LogP contribution in [0, 0.1) is 0 Å². The molecule has 2 nitrogen and oxygen atoms in total. The summed E-state index contributed by atoms with van der Waals surface area (Å²) in [7, 11) is 0. The van der Waals surface area contributed by atoms with Crippen LogP contribution < -0.4 is 0 Å². The minimum Gasteiger partial charge on any atom is -0.391 e. The van der Waals surface area contributed by atoms with Crippen LogP contribution in [-0.2, 0) is 0 Å². The zero-order chi connectivity index (χ0) is 9.84. The molecule has 78 valence electrons. The van der Waals surface area contributed by atoms with Crippen LogP contribution in [0.4, 0.5) is 0 Å². The first-order valence-corrected chi connectivity index (χ1v) is 5.68. The average Bonchev–Trinajstić information content (AvgIpc) is 2.11. The minimum absolute atomic E-state index is 0.343. The van der Waals surface area contributed by atoms with Gasteiger partial charge in [-0.1, -0.05) is 6.42 Å². The van der Waals surface area contributed by atoms with Crippen molar-refractivity contribution in [3.8, 4) is 0 Å². The standard InChI is InChI=1S/C10H20ClNO/c1-8-4-3-5-9(2)12(8)7-10(13)6-11/h8-10,13H,3-7H2,1-2H3/t8-,9+,10-/m1/s1. The summed E-state index contributed by atoms with van der Waals surface area (Å²) in [6, 6.07) is 1.20. The van der Waals surface area contributed by atoms with E-state index in [1.165, 1.54) is 19.3 Å². The molecule has 0 saturated carbocycles. The van der Waals surface area contributed by atoms with E-state index < -0.39 is 0 Å². The summed E-state index contributed by atoms with van der Waals surface area (Å²) in [6.07, 6.45) is 3.44. The Kier molecular flexibility index (Phi) is 4.50. The Hall–Kier alpha value is 0.210. The normalized spacial score (nSPS) is 33.2. The summed E-state index contributed by atoms with van der Waals surface area (Å²) in [4.78, 5) is 2.37. The van der Waals surface area contributed by atoms with Crippen molar-refractivity contribution < 1.29 is 5.11 Å². The van der Waals surface area contributed by atoms with Crippen molar-refractivity contribution in [2.75, 3.05) is 12.4 Å². The van der Waals surface area contributed by atoms with Gasteiger partial charge in [0, 0.05) is 24.5 Å². The van der Waals surface area contributed by atoms with Crippen molar-refractivity contribution in [3.63, 3.8) is 0 Å². The third-order valence-electron chi connectivity index (χ3n) is 2.98. The second-order valence-corrected chi connectivity index (χ2v) is 4.44. The highest BCUT2D eigenvalue weighted by atomic mass is 35.5. The van der Waals surface area contributed by atoms with Crippen molar-refractivity contribution in [2.45, 2.75) is 51.3 Å². The van der Waals surface area contributed by atoms with E-state index in [1.807, 2.05) is 0 Å². The molecule has 0 spiro atoms. The fraction of sp³-hybridized carbons (Fsp3) is 1.00. The van der Waals surface area contributed by atoms with Gasteiger partial charge >= 0.3 is 0 Å². The molecule has 3 heteroatoms. The lowest BCUT2D eigenvalue weighted by molar-refractivity contribution is 0.0502. The molecule has 1 heterocycles. The fourth-order valence-electron chi connectivity index (χ4n) is 2.13. The molecule has 0 aromatic heterocycles. The van der Waals surface area contributed by atoms with Crippen LogP contribution in [0.25, 0.3) is 0 Å². The maximum atomic E-state index is 9.47. The zero-order valence-electron chi connectivity index (χ0n) is 8.54. The van der Waals surface area contributed by atoms with Gasteiger partial charge in [0.2, 0.25) is 0 Å². The van der Waals surface area contributed by atoms with Crippen LogP contribution in [0.2, 0.25) is 0 Å². The predicted octanol–water partition coefficient (Wildman–Crippen LogP) is 1.85. The van der Waals surface area contributed by atoms with Gasteiger partial charge in [0.05, 0.1) is 6.10 Å². The van der Waals surface area contributed by atoms with E-state index in [1.54, 1.807) is 0 Å². The smallest absolute Gasteiger partial charge is 0.0802 e. The summed E-state index contributed by atoms with van der Waals surface area (Å²) in [5.74, 6) is 0.343. The van der Waals surface area contributed by atoms with Crippen LogP contribution in [0.3, 0.4) is 0 Å². The van der Waals surface area contributed by atoms with Crippen LogP contribution in [0.15, 0.2) is 0 Å². The number of alkyl halides is 1. The van der Waals surface area contributed by atoms with Gasteiger partial charge in [-0.05, 0) is 26.7 Å². The first-order chi connectivity index (χ1) is 6.15. The molecule has 1 aliphatic rings. The predicted molar refractivity (Wildman–Crippen MR) is 56.2 cm³/mol. The van der Waals surface area contributed by atoms with E-state index in [4.69, 9.17) is 11.6 Å². The van der Waals surface area contributed by atoms with Gasteiger partial charge < -0.3 is 5.11 Å². The monoisotopic (exact) mass is 205 g/mol. The molecule has 1 aliphatic heterocycles. The SMILES string of the molecule is C[C@@H]1CCC[C@H](C)N1C[C@H](O)CCl. The molecule has 1 rings (SSSR count). The van der Waals surface area contributed by atoms with Gasteiger partial charge in [-0.25, -0.2) is 0 Å². The number of rotatable bonds is 3. The molecule has 3 atom stereocenters. The van der Waals surface area contributed by atoms with Crippen LogP contribution in [0.1, 0.15) is 33.1 Å². The Balaban J connectivity index is 2.43. The minimum atomic E-state index is -0.371. The molecule has 0 aromatic rings. The lowest BCUT2D eigenvalue weighted by Gasteiger charge is -2.39. The molecular formula is C10H20ClNO. The number of hydrogen-bond acceptors (Lipinski definition) is 2. The topological polar surface area (TPSA) is 23.5 Å². The van der Waals surface area contributed by atoms with Gasteiger partial charge in [-0.2, -0.15) is 0 Å². The zero-order valence-corrected chi connectivity index (χ0v) is 9.30. The van der Waals surface area contributed by atoms with Gasteiger partial charge in [0.15, 0.2) is 0 Å². The van der Waals surface area contributed by atoms with E-state index in [-0.39, 0.29) is 6.10 Å². The number of halogens is 1. The second kappa shape index (κ2) is 5.18. The number of aliphatic hydroxyl groups is 1. The number of piperidine rings is 1. The lowest BCUT2D eigenvalue weighted by atomic mass is 9.97. The Bertz CT molecular complexity index is 144. The first kappa shape index (κ1) is 11.3. The average molecular weight is 206 g/mol. The number of likely N-dealkylation sites (tertiary alicyclic amines) is 1. The molecule has 0 aliphatic carbocycles. The van der Waals surface area contributed by atoms with E-state index in [0.29, 0.717) is 18.0 Å². The quantitative estimate of drug-likeness (QED) is 0.711. The molecule has 0 radical (unpaired) electrons. The molecule has 0 bridgehead atoms. The van der Waals surface area contributed by atoms with Crippen LogP contribution in [-0.4, -0.2) is 40.6 Å². The highest BCUT2D eigenvalue weighted by Gasteiger charge is 2.25. The van der Waals surface area contributed by atoms with Crippen molar-refractivity contribution in [1.29, 1.82) is 0 Å². The second-order valence-electron chi connectivity index (χ2n) is 4.13. The van der Waals surface area contributed by atoms with Crippen LogP contribution in [0.5, 0.6) is 0 Å². The largest absolute Gasteiger partial charge is 0.391 e. The molecule has 13 heavy (non-hydrogen) atoms. The van der Waals surface area contributed by atoms with Crippen molar-refractivity contribution in [1.82, 2.24) is 4.90 Å². The molecule has 1 N–H and O–H groups in total. The van der Waals surface area contributed by atoms with Gasteiger partial charge in [-0.15, -0.1) is 11.6 Å². The Labute approximate surface area is 85.9 Å². The maximum absolute atomic E-state index is 9.47. The van der Waals surface area contributed by atoms with Crippen molar-refractivity contribution in [2.24, 2.45) is 0 Å². The Morgan fingerprint density at radius 3 is 2.38 bits per heavy atom. The number of aliphatic hydroxyl groups excluding tert-OH is 1. The summed E-state index contributed by atoms with van der Waals surface area (Å²) >= 11 is 5.59. The van der Waals surface area contributed by atoms with Crippen LogP contribution >= 0.6 is 11.6 Å². The fourth-order valence-corrected chi connectivity index (χ4v) is 2.22. The van der Waals surface area contributed by atoms with E-state index in [0.717, 1.165) is 6.54 Å². The molecule has 1 saturated heterocycles. The van der Waals surface area contributed by atoms with Gasteiger partial charge in [-0.3, -0.25) is 4.90 Å². The number of nitrogens with zero attached hydrogens (tertiary/aromatic N) is 1. The van der Waals surface area contributed by atoms with E-state index in [9.17, 15) is 5.11 Å². The Morgan fingerprint density at radius 1 is 1.38 bits per heavy atom. The summed E-state index contributed by atoms with van der Waals surface area (Å²) in [5.41, 5.74) is 0. The highest BCUT2D eigenvalue weighted by Crippen LogP contribution is 2.22. The molecule has 0 amide bonds. The molecule has 1 fully saturated rings. The molecule has 0 aromatic carbocycles. The van der Waals surface area contributed by atoms with Crippen molar-refractivity contribution in [3.05, 3.63) is 0 Å². The lowest BCUT2D eigenvalue weighted by Crippen LogP contribution is -2.47. The summed E-state index contributed by atoms with van der Waals surface area (Å²) < 4.78 is 0. The van der Waals surface area contributed by atoms with Gasteiger partial charge in [0.1, 0.15) is 0 Å². The first-order valence-electron chi connectivity index (χ1n) is 5.15. The third-order valence-corrected chi connectivity index (χ3v) is 3.33. The molecule has 0 unspecified atom stereocenters. The number of β-amino-alcohol motifs (C(OH)–C–C–N with tert-alkyl or cyclic N) is 1. The van der Waals surface area contributed by atoms with E-state index in [2.05, 4.69) is 18.7 Å². The molecular weight excluding hydrogens is 186 g/mol.